The fourth-order valence-corrected chi connectivity index (χ4v) is 7.27. The van der Waals surface area contributed by atoms with Gasteiger partial charge in [-0.2, -0.15) is 0 Å². The van der Waals surface area contributed by atoms with Crippen LogP contribution >= 0.6 is 0 Å². The van der Waals surface area contributed by atoms with Crippen molar-refractivity contribution in [2.24, 2.45) is 0 Å². The minimum Gasteiger partial charge on any atom is -0.465 e. The van der Waals surface area contributed by atoms with Crippen LogP contribution in [0.15, 0.2) is 42.5 Å². The van der Waals surface area contributed by atoms with E-state index >= 15 is 0 Å². The van der Waals surface area contributed by atoms with Crippen molar-refractivity contribution < 1.29 is 19.1 Å². The number of morpholine rings is 1. The van der Waals surface area contributed by atoms with Crippen LogP contribution in [0.2, 0.25) is 0 Å². The number of hydrogen-bond acceptors (Lipinski definition) is 4. The molecule has 6 rings (SSSR count). The van der Waals surface area contributed by atoms with Gasteiger partial charge in [-0.1, -0.05) is 55.7 Å². The molecule has 38 heavy (non-hydrogen) atoms. The lowest BCUT2D eigenvalue weighted by atomic mass is 9.81. The summed E-state index contributed by atoms with van der Waals surface area (Å²) in [6.45, 7) is 5.29. The number of aryl methyl sites for hydroxylation is 1. The number of aromatic nitrogens is 1. The molecule has 1 amide bonds. The molecule has 3 aromatic rings. The second-order valence-corrected chi connectivity index (χ2v) is 11.4. The first-order chi connectivity index (χ1) is 18.5. The van der Waals surface area contributed by atoms with Gasteiger partial charge in [-0.05, 0) is 68.2 Å². The van der Waals surface area contributed by atoms with E-state index in [1.54, 1.807) is 0 Å². The highest BCUT2D eigenvalue weighted by Gasteiger charge is 2.39. The van der Waals surface area contributed by atoms with E-state index in [9.17, 15) is 9.59 Å². The monoisotopic (exact) mass is 514 g/mol. The molecule has 3 heterocycles. The molecule has 6 nitrogen and oxygen atoms in total. The normalized spacial score (nSPS) is 24.0. The molecule has 6 heteroatoms. The average molecular weight is 515 g/mol. The standard InChI is InChI=1S/C32H38N2O4/c1-20-18-33(19-21(2)38-20)31(35)27-17-16-24-25(32(36)37-3)14-15-26-28(22-10-6-4-7-11-22)29(34(27)30(24)26)23-12-8-5-9-13-23/h5,8-9,12-15,20-22,27H,4,6-7,10-11,16-19H2,1-3H3/t20-,21+,27?. The van der Waals surface area contributed by atoms with Gasteiger partial charge in [0.05, 0.1) is 36.1 Å². The van der Waals surface area contributed by atoms with Crippen LogP contribution < -0.4 is 0 Å². The Morgan fingerprint density at radius 3 is 2.32 bits per heavy atom. The lowest BCUT2D eigenvalue weighted by Crippen LogP contribution is -2.50. The molecule has 0 spiro atoms. The van der Waals surface area contributed by atoms with Gasteiger partial charge in [0.1, 0.15) is 6.04 Å². The van der Waals surface area contributed by atoms with Gasteiger partial charge >= 0.3 is 5.97 Å². The minimum absolute atomic E-state index is 0.0144. The Hall–Kier alpha value is -3.12. The number of carbonyl (C=O) groups is 2. The van der Waals surface area contributed by atoms with Gasteiger partial charge < -0.3 is 18.9 Å². The van der Waals surface area contributed by atoms with Crippen molar-refractivity contribution in [3.05, 3.63) is 59.2 Å². The van der Waals surface area contributed by atoms with Crippen molar-refractivity contribution >= 4 is 22.8 Å². The number of esters is 1. The van der Waals surface area contributed by atoms with Crippen LogP contribution in [0.5, 0.6) is 0 Å². The molecule has 2 fully saturated rings. The van der Waals surface area contributed by atoms with Gasteiger partial charge in [0.15, 0.2) is 0 Å². The number of rotatable bonds is 4. The second kappa shape index (κ2) is 10.2. The van der Waals surface area contributed by atoms with Crippen LogP contribution in [0.1, 0.15) is 85.8 Å². The first kappa shape index (κ1) is 25.2. The highest BCUT2D eigenvalue weighted by molar-refractivity contribution is 6.03. The van der Waals surface area contributed by atoms with Crippen LogP contribution in [0.25, 0.3) is 22.2 Å². The fourth-order valence-electron chi connectivity index (χ4n) is 7.27. The Labute approximate surface area is 224 Å². The molecule has 1 aromatic heterocycles. The molecule has 1 unspecified atom stereocenters. The number of methoxy groups -OCH3 is 1. The van der Waals surface area contributed by atoms with Crippen molar-refractivity contribution in [3.8, 4) is 11.3 Å². The molecule has 2 aromatic carbocycles. The van der Waals surface area contributed by atoms with E-state index in [2.05, 4.69) is 34.9 Å². The first-order valence-corrected chi connectivity index (χ1v) is 14.3. The predicted molar refractivity (Wildman–Crippen MR) is 148 cm³/mol. The topological polar surface area (TPSA) is 60.8 Å². The molecular formula is C32H38N2O4. The van der Waals surface area contributed by atoms with E-state index in [1.807, 2.05) is 30.9 Å². The first-order valence-electron chi connectivity index (χ1n) is 14.3. The van der Waals surface area contributed by atoms with Crippen LogP contribution in [-0.4, -0.2) is 53.8 Å². The number of ether oxygens (including phenoxy) is 2. The third kappa shape index (κ3) is 4.23. The molecule has 2 aliphatic heterocycles. The summed E-state index contributed by atoms with van der Waals surface area (Å²) < 4.78 is 13.4. The van der Waals surface area contributed by atoms with Crippen LogP contribution in [0, 0.1) is 0 Å². The molecule has 0 N–H and O–H groups in total. The van der Waals surface area contributed by atoms with E-state index in [1.165, 1.54) is 37.3 Å². The Balaban J connectivity index is 1.61. The number of carbonyl (C=O) groups excluding carboxylic acids is 2. The zero-order valence-electron chi connectivity index (χ0n) is 22.7. The Morgan fingerprint density at radius 2 is 1.63 bits per heavy atom. The van der Waals surface area contributed by atoms with Gasteiger partial charge in [-0.3, -0.25) is 4.79 Å². The summed E-state index contributed by atoms with van der Waals surface area (Å²) in [7, 11) is 1.44. The smallest absolute Gasteiger partial charge is 0.338 e. The molecule has 1 aliphatic carbocycles. The Kier molecular flexibility index (Phi) is 6.77. The third-order valence-electron chi connectivity index (χ3n) is 8.77. The van der Waals surface area contributed by atoms with Crippen molar-refractivity contribution in [1.82, 2.24) is 9.47 Å². The van der Waals surface area contributed by atoms with E-state index < -0.39 is 0 Å². The number of benzene rings is 2. The maximum Gasteiger partial charge on any atom is 0.338 e. The summed E-state index contributed by atoms with van der Waals surface area (Å²) in [6, 6.07) is 14.3. The summed E-state index contributed by atoms with van der Waals surface area (Å²) in [5.74, 6) is 0.290. The van der Waals surface area contributed by atoms with Crippen LogP contribution in [0.3, 0.4) is 0 Å². The summed E-state index contributed by atoms with van der Waals surface area (Å²) in [5, 5.41) is 1.19. The van der Waals surface area contributed by atoms with Gasteiger partial charge in [-0.25, -0.2) is 4.79 Å². The Morgan fingerprint density at radius 1 is 0.921 bits per heavy atom. The third-order valence-corrected chi connectivity index (χ3v) is 8.77. The molecule has 3 atom stereocenters. The van der Waals surface area contributed by atoms with Crippen molar-refractivity contribution in [3.63, 3.8) is 0 Å². The average Bonchev–Trinajstić information content (AvgIpc) is 3.29. The largest absolute Gasteiger partial charge is 0.465 e. The predicted octanol–water partition coefficient (Wildman–Crippen LogP) is 6.27. The zero-order chi connectivity index (χ0) is 26.4. The van der Waals surface area contributed by atoms with Gasteiger partial charge in [-0.15, -0.1) is 0 Å². The van der Waals surface area contributed by atoms with Gasteiger partial charge in [0, 0.05) is 18.5 Å². The van der Waals surface area contributed by atoms with Crippen LogP contribution in [0.4, 0.5) is 0 Å². The lowest BCUT2D eigenvalue weighted by Gasteiger charge is -2.39. The van der Waals surface area contributed by atoms with Crippen molar-refractivity contribution in [2.45, 2.75) is 83.0 Å². The molecule has 0 radical (unpaired) electrons. The second-order valence-electron chi connectivity index (χ2n) is 11.4. The maximum absolute atomic E-state index is 14.3. The van der Waals surface area contributed by atoms with E-state index in [4.69, 9.17) is 9.47 Å². The summed E-state index contributed by atoms with van der Waals surface area (Å²) >= 11 is 0. The van der Waals surface area contributed by atoms with Crippen molar-refractivity contribution in [1.29, 1.82) is 0 Å². The number of amides is 1. The molecular weight excluding hydrogens is 476 g/mol. The quantitative estimate of drug-likeness (QED) is 0.385. The summed E-state index contributed by atoms with van der Waals surface area (Å²) in [5.41, 5.74) is 6.33. The fraction of sp³-hybridized carbons (Fsp3) is 0.500. The summed E-state index contributed by atoms with van der Waals surface area (Å²) in [4.78, 5) is 29.1. The van der Waals surface area contributed by atoms with Crippen molar-refractivity contribution in [2.75, 3.05) is 20.2 Å². The van der Waals surface area contributed by atoms with E-state index in [-0.39, 0.29) is 30.1 Å². The minimum atomic E-state index is -0.317. The molecule has 0 bridgehead atoms. The van der Waals surface area contributed by atoms with Gasteiger partial charge in [0.25, 0.3) is 0 Å². The number of hydrogen-bond donors (Lipinski definition) is 0. The van der Waals surface area contributed by atoms with Crippen LogP contribution in [-0.2, 0) is 20.7 Å². The highest BCUT2D eigenvalue weighted by Crippen LogP contribution is 2.49. The SMILES string of the molecule is COC(=O)c1ccc2c(C3CCCCC3)c(-c3ccccc3)n3c2c1CCC3C(=O)N1C[C@@H](C)O[C@@H](C)C1. The van der Waals surface area contributed by atoms with E-state index in [0.717, 1.165) is 35.2 Å². The molecule has 1 saturated heterocycles. The highest BCUT2D eigenvalue weighted by atomic mass is 16.5. The molecule has 3 aliphatic rings. The van der Waals surface area contributed by atoms with E-state index in [0.29, 0.717) is 37.4 Å². The Bertz CT molecular complexity index is 1350. The number of nitrogens with zero attached hydrogens (tertiary/aromatic N) is 2. The lowest BCUT2D eigenvalue weighted by molar-refractivity contribution is -0.146. The zero-order valence-corrected chi connectivity index (χ0v) is 22.7. The molecule has 200 valence electrons. The van der Waals surface area contributed by atoms with Gasteiger partial charge in [0.2, 0.25) is 5.91 Å². The summed E-state index contributed by atoms with van der Waals surface area (Å²) in [6.07, 6.45) is 7.41. The maximum atomic E-state index is 14.3. The molecule has 1 saturated carbocycles.